The first-order chi connectivity index (χ1) is 16.4. The quantitative estimate of drug-likeness (QED) is 0.320. The molecule has 2 aromatic carbocycles. The number of aromatic nitrogens is 4. The summed E-state index contributed by atoms with van der Waals surface area (Å²) in [6.45, 7) is 1.82. The van der Waals surface area contributed by atoms with Crippen molar-refractivity contribution in [2.24, 2.45) is 0 Å². The van der Waals surface area contributed by atoms with Crippen molar-refractivity contribution in [3.63, 3.8) is 0 Å². The normalized spacial score (nSPS) is 12.2. The molecule has 0 fully saturated rings. The third-order valence-electron chi connectivity index (χ3n) is 5.54. The van der Waals surface area contributed by atoms with Crippen molar-refractivity contribution < 1.29 is 0 Å². The lowest BCUT2D eigenvalue weighted by Crippen LogP contribution is -2.27. The van der Waals surface area contributed by atoms with Gasteiger partial charge in [-0.15, -0.1) is 0 Å². The minimum absolute atomic E-state index is 0.0116. The van der Waals surface area contributed by atoms with Gasteiger partial charge in [0, 0.05) is 17.3 Å². The van der Waals surface area contributed by atoms with Gasteiger partial charge in [-0.1, -0.05) is 65.1 Å². The minimum Gasteiger partial charge on any atom is -0.361 e. The van der Waals surface area contributed by atoms with Crippen LogP contribution in [0.5, 0.6) is 0 Å². The summed E-state index contributed by atoms with van der Waals surface area (Å²) in [6, 6.07) is 13.7. The molecule has 5 aromatic rings. The number of fused-ring (bicyclic) bond motifs is 2. The highest BCUT2D eigenvalue weighted by atomic mass is 35.5. The molecule has 0 saturated carbocycles. The van der Waals surface area contributed by atoms with Crippen LogP contribution in [-0.2, 0) is 0 Å². The van der Waals surface area contributed by atoms with Gasteiger partial charge in [0.15, 0.2) is 0 Å². The van der Waals surface area contributed by atoms with Crippen LogP contribution in [0, 0.1) is 0 Å². The number of pyridine rings is 2. The second kappa shape index (κ2) is 8.76. The molecule has 3 aromatic heterocycles. The summed E-state index contributed by atoms with van der Waals surface area (Å²) >= 11 is 19.3. The summed E-state index contributed by atoms with van der Waals surface area (Å²) in [5, 5.41) is 4.95. The van der Waals surface area contributed by atoms with Gasteiger partial charge in [-0.05, 0) is 25.1 Å². The maximum Gasteiger partial charge on any atom is 0.264 e. The molecule has 2 N–H and O–H groups in total. The van der Waals surface area contributed by atoms with E-state index < -0.39 is 11.5 Å². The molecule has 10 heteroatoms. The summed E-state index contributed by atoms with van der Waals surface area (Å²) in [5.41, 5.74) is 0.706. The molecule has 0 radical (unpaired) electrons. The summed E-state index contributed by atoms with van der Waals surface area (Å²) < 4.78 is 1.52. The highest BCUT2D eigenvalue weighted by molar-refractivity contribution is 6.40. The van der Waals surface area contributed by atoms with Crippen molar-refractivity contribution in [3.8, 4) is 5.69 Å². The van der Waals surface area contributed by atoms with Crippen LogP contribution >= 0.6 is 34.8 Å². The summed E-state index contributed by atoms with van der Waals surface area (Å²) in [7, 11) is 0. The fourth-order valence-corrected chi connectivity index (χ4v) is 4.82. The predicted octanol–water partition coefficient (Wildman–Crippen LogP) is 5.76. The third kappa shape index (κ3) is 3.62. The Morgan fingerprint density at radius 1 is 0.941 bits per heavy atom. The van der Waals surface area contributed by atoms with E-state index in [2.05, 4.69) is 20.3 Å². The van der Waals surface area contributed by atoms with E-state index in [4.69, 9.17) is 34.8 Å². The molecule has 0 bridgehead atoms. The Morgan fingerprint density at radius 3 is 2.47 bits per heavy atom. The number of anilines is 1. The maximum absolute atomic E-state index is 13.7. The fraction of sp³-hybridized carbons (Fsp3) is 0.0833. The number of hydrogen-bond acceptors (Lipinski definition) is 5. The number of H-pyrrole nitrogens is 1. The van der Waals surface area contributed by atoms with E-state index in [0.717, 1.165) is 0 Å². The topological polar surface area (TPSA) is 92.7 Å². The van der Waals surface area contributed by atoms with Crippen molar-refractivity contribution in [3.05, 3.63) is 102 Å². The predicted molar refractivity (Wildman–Crippen MR) is 137 cm³/mol. The molecule has 0 amide bonds. The molecule has 34 heavy (non-hydrogen) atoms. The zero-order valence-corrected chi connectivity index (χ0v) is 19.9. The Labute approximate surface area is 208 Å². The van der Waals surface area contributed by atoms with Crippen LogP contribution < -0.4 is 16.3 Å². The molecular weight excluding hydrogens is 497 g/mol. The number of para-hydroxylation sites is 1. The minimum atomic E-state index is -0.555. The first kappa shape index (κ1) is 22.4. The van der Waals surface area contributed by atoms with Crippen molar-refractivity contribution in [2.75, 3.05) is 5.32 Å². The molecule has 0 saturated heterocycles. The average molecular weight is 513 g/mol. The van der Waals surface area contributed by atoms with Gasteiger partial charge in [-0.25, -0.2) is 9.97 Å². The number of aromatic amines is 1. The highest BCUT2D eigenvalue weighted by Gasteiger charge is 2.24. The van der Waals surface area contributed by atoms with Gasteiger partial charge in [0.2, 0.25) is 5.43 Å². The molecule has 1 unspecified atom stereocenters. The van der Waals surface area contributed by atoms with Crippen molar-refractivity contribution in [2.45, 2.75) is 13.0 Å². The van der Waals surface area contributed by atoms with Gasteiger partial charge >= 0.3 is 0 Å². The van der Waals surface area contributed by atoms with E-state index in [1.54, 1.807) is 30.3 Å². The summed E-state index contributed by atoms with van der Waals surface area (Å²) in [6.07, 6.45) is 2.71. The Morgan fingerprint density at radius 2 is 1.71 bits per heavy atom. The maximum atomic E-state index is 13.7. The Bertz CT molecular complexity index is 1680. The zero-order valence-electron chi connectivity index (χ0n) is 17.6. The Kier molecular flexibility index (Phi) is 5.77. The van der Waals surface area contributed by atoms with Crippen molar-refractivity contribution >= 4 is 62.4 Å². The van der Waals surface area contributed by atoms with Crippen LogP contribution in [0.4, 0.5) is 5.82 Å². The van der Waals surface area contributed by atoms with Gasteiger partial charge in [-0.3, -0.25) is 14.2 Å². The van der Waals surface area contributed by atoms with Gasteiger partial charge in [0.1, 0.15) is 28.2 Å². The number of nitrogens with one attached hydrogen (secondary N) is 2. The largest absolute Gasteiger partial charge is 0.361 e. The van der Waals surface area contributed by atoms with Crippen LogP contribution in [0.2, 0.25) is 15.1 Å². The van der Waals surface area contributed by atoms with Crippen LogP contribution in [0.1, 0.15) is 18.7 Å². The van der Waals surface area contributed by atoms with Gasteiger partial charge in [0.25, 0.3) is 5.56 Å². The second-order valence-electron chi connectivity index (χ2n) is 7.62. The van der Waals surface area contributed by atoms with Crippen molar-refractivity contribution in [1.82, 2.24) is 19.5 Å². The molecule has 1 atom stereocenters. The molecule has 0 spiro atoms. The number of nitrogens with zero attached hydrogens (tertiary/aromatic N) is 3. The summed E-state index contributed by atoms with van der Waals surface area (Å²) in [4.78, 5) is 37.7. The number of hydrogen-bond donors (Lipinski definition) is 2. The molecule has 5 rings (SSSR count). The Hall–Kier alpha value is -3.39. The lowest BCUT2D eigenvalue weighted by Gasteiger charge is -2.23. The first-order valence-electron chi connectivity index (χ1n) is 10.2. The van der Waals surface area contributed by atoms with Crippen LogP contribution in [-0.4, -0.2) is 19.5 Å². The average Bonchev–Trinajstić information content (AvgIpc) is 2.84. The second-order valence-corrected chi connectivity index (χ2v) is 8.81. The van der Waals surface area contributed by atoms with E-state index >= 15 is 0 Å². The summed E-state index contributed by atoms with van der Waals surface area (Å²) in [5.74, 6) is 0.260. The molecular formula is C24H16Cl3N5O2. The van der Waals surface area contributed by atoms with Crippen LogP contribution in [0.15, 0.2) is 70.6 Å². The number of benzene rings is 2. The lowest BCUT2D eigenvalue weighted by molar-refractivity contribution is 0.774. The highest BCUT2D eigenvalue weighted by Crippen LogP contribution is 2.35. The van der Waals surface area contributed by atoms with E-state index in [0.29, 0.717) is 37.8 Å². The van der Waals surface area contributed by atoms with Crippen LogP contribution in [0.25, 0.3) is 27.5 Å². The number of rotatable bonds is 4. The molecule has 170 valence electrons. The third-order valence-corrected chi connectivity index (χ3v) is 6.53. The van der Waals surface area contributed by atoms with Gasteiger partial charge < -0.3 is 10.3 Å². The standard InChI is InChI=1S/C24H16Cl3N5O2/c1-12(31-23-18-21(33)16(26)10-28-22(18)29-11-30-23)20-19(27)14-8-5-9-15(25)17(14)24(34)32(20)13-6-3-2-4-7-13/h2-12H,1H3,(H2,28,29,30,31,33). The lowest BCUT2D eigenvalue weighted by atomic mass is 10.1. The fourth-order valence-electron chi connectivity index (χ4n) is 4.01. The number of halogens is 3. The van der Waals surface area contributed by atoms with E-state index in [1.165, 1.54) is 17.1 Å². The molecule has 0 aliphatic heterocycles. The molecule has 7 nitrogen and oxygen atoms in total. The monoisotopic (exact) mass is 511 g/mol. The molecule has 0 aliphatic rings. The van der Waals surface area contributed by atoms with Gasteiger partial charge in [0.05, 0.1) is 27.2 Å². The van der Waals surface area contributed by atoms with Crippen LogP contribution in [0.3, 0.4) is 0 Å². The van der Waals surface area contributed by atoms with E-state index in [9.17, 15) is 9.59 Å². The van der Waals surface area contributed by atoms with E-state index in [-0.39, 0.29) is 21.8 Å². The van der Waals surface area contributed by atoms with Gasteiger partial charge in [-0.2, -0.15) is 0 Å². The SMILES string of the molecule is CC(Nc1ncnc2[nH]cc(Cl)c(=O)c12)c1c(Cl)c2cccc(Cl)c2c(=O)n1-c1ccccc1. The molecule has 0 aliphatic carbocycles. The Balaban J connectivity index is 1.77. The zero-order chi connectivity index (χ0) is 24.0. The van der Waals surface area contributed by atoms with E-state index in [1.807, 2.05) is 25.1 Å². The smallest absolute Gasteiger partial charge is 0.264 e. The first-order valence-corrected chi connectivity index (χ1v) is 11.4. The molecule has 3 heterocycles. The van der Waals surface area contributed by atoms with Crippen molar-refractivity contribution in [1.29, 1.82) is 0 Å².